The second-order valence-corrected chi connectivity index (χ2v) is 5.50. The van der Waals surface area contributed by atoms with E-state index in [0.717, 1.165) is 11.8 Å². The summed E-state index contributed by atoms with van der Waals surface area (Å²) in [6, 6.07) is 10.3. The Kier molecular flexibility index (Phi) is 4.50. The number of furan rings is 1. The first kappa shape index (κ1) is 17.0. The first-order valence-corrected chi connectivity index (χ1v) is 7.41. The van der Waals surface area contributed by atoms with Crippen LogP contribution in [0.5, 0.6) is 0 Å². The molecule has 1 aromatic carbocycles. The number of nitrogens with zero attached hydrogens (tertiary/aromatic N) is 1. The van der Waals surface area contributed by atoms with E-state index in [1.165, 1.54) is 12.2 Å². The fourth-order valence-electron chi connectivity index (χ4n) is 2.18. The number of nitrogens with one attached hydrogen (secondary N) is 1. The smallest absolute Gasteiger partial charge is 0.432 e. The van der Waals surface area contributed by atoms with Crippen LogP contribution in [0, 0.1) is 0 Å². The van der Waals surface area contributed by atoms with Gasteiger partial charge in [-0.25, -0.2) is 9.78 Å². The third-order valence-electron chi connectivity index (χ3n) is 3.29. The molecule has 0 amide bonds. The van der Waals surface area contributed by atoms with Crippen LogP contribution in [0.3, 0.4) is 0 Å². The minimum atomic E-state index is -4.70. The number of hydrogen-bond acceptors (Lipinski definition) is 3. The summed E-state index contributed by atoms with van der Waals surface area (Å²) in [7, 11) is 0. The van der Waals surface area contributed by atoms with Crippen molar-refractivity contribution in [3.05, 3.63) is 75.1 Å². The van der Waals surface area contributed by atoms with Crippen molar-refractivity contribution < 1.29 is 17.6 Å². The molecule has 2 heterocycles. The number of alkyl halides is 3. The number of halogens is 4. The van der Waals surface area contributed by atoms with Crippen molar-refractivity contribution in [2.45, 2.75) is 6.18 Å². The standard InChI is InChI=1S/C17H10ClF3N2O2/c18-12-3-1-2-10(8-12)14-7-6-13(25-14)5-4-11-9-22-16(24)23-15(11)17(19,20)21/h1-9H,(H,22,23,24)/b5-4+. The lowest BCUT2D eigenvalue weighted by Gasteiger charge is -2.08. The molecule has 0 atom stereocenters. The molecular formula is C17H10ClF3N2O2. The zero-order valence-electron chi connectivity index (χ0n) is 12.5. The van der Waals surface area contributed by atoms with E-state index >= 15 is 0 Å². The molecule has 0 aliphatic carbocycles. The summed E-state index contributed by atoms with van der Waals surface area (Å²) in [6.07, 6.45) is -1.30. The number of benzene rings is 1. The third-order valence-corrected chi connectivity index (χ3v) is 3.52. The van der Waals surface area contributed by atoms with E-state index in [4.69, 9.17) is 16.0 Å². The molecule has 25 heavy (non-hydrogen) atoms. The monoisotopic (exact) mass is 366 g/mol. The molecule has 1 N–H and O–H groups in total. The Labute approximate surface area is 144 Å². The van der Waals surface area contributed by atoms with Crippen LogP contribution in [0.2, 0.25) is 5.02 Å². The second-order valence-electron chi connectivity index (χ2n) is 5.06. The van der Waals surface area contributed by atoms with E-state index in [-0.39, 0.29) is 5.56 Å². The molecule has 0 unspecified atom stereocenters. The molecule has 3 rings (SSSR count). The van der Waals surface area contributed by atoms with Gasteiger partial charge in [0.25, 0.3) is 0 Å². The van der Waals surface area contributed by atoms with Crippen LogP contribution in [-0.4, -0.2) is 9.97 Å². The summed E-state index contributed by atoms with van der Waals surface area (Å²) in [5.74, 6) is 0.868. The summed E-state index contributed by atoms with van der Waals surface area (Å²) in [4.78, 5) is 16.1. The first-order valence-electron chi connectivity index (χ1n) is 7.03. The zero-order chi connectivity index (χ0) is 18.0. The third kappa shape index (κ3) is 4.00. The Bertz CT molecular complexity index is 990. The molecule has 3 aromatic rings. The normalized spacial score (nSPS) is 12.0. The van der Waals surface area contributed by atoms with Gasteiger partial charge in [-0.1, -0.05) is 23.7 Å². The Morgan fingerprint density at radius 2 is 1.96 bits per heavy atom. The van der Waals surface area contributed by atoms with E-state index in [0.29, 0.717) is 16.5 Å². The highest BCUT2D eigenvalue weighted by molar-refractivity contribution is 6.30. The zero-order valence-corrected chi connectivity index (χ0v) is 13.2. The molecule has 2 aromatic heterocycles. The fraction of sp³-hybridized carbons (Fsp3) is 0.0588. The number of aromatic amines is 1. The van der Waals surface area contributed by atoms with E-state index in [9.17, 15) is 18.0 Å². The highest BCUT2D eigenvalue weighted by atomic mass is 35.5. The van der Waals surface area contributed by atoms with E-state index in [2.05, 4.69) is 4.98 Å². The SMILES string of the molecule is O=c1ncc(/C=C/c2ccc(-c3cccc(Cl)c3)o2)c(C(F)(F)F)[nH]1. The molecule has 128 valence electrons. The predicted octanol–water partition coefficient (Wildman–Crippen LogP) is 4.87. The van der Waals surface area contributed by atoms with Gasteiger partial charge in [0.1, 0.15) is 17.2 Å². The molecule has 0 fully saturated rings. The van der Waals surface area contributed by atoms with Crippen LogP contribution in [0.15, 0.2) is 51.8 Å². The van der Waals surface area contributed by atoms with Gasteiger partial charge in [-0.3, -0.25) is 0 Å². The Hall–Kier alpha value is -2.80. The van der Waals surface area contributed by atoms with E-state index in [1.54, 1.807) is 41.4 Å². The minimum Gasteiger partial charge on any atom is -0.457 e. The van der Waals surface area contributed by atoms with Crippen molar-refractivity contribution in [3.63, 3.8) is 0 Å². The summed E-state index contributed by atoms with van der Waals surface area (Å²) in [5, 5.41) is 0.542. The number of rotatable bonds is 3. The van der Waals surface area contributed by atoms with Crippen molar-refractivity contribution in [1.29, 1.82) is 0 Å². The molecule has 4 nitrogen and oxygen atoms in total. The molecule has 8 heteroatoms. The van der Waals surface area contributed by atoms with Gasteiger partial charge in [-0.15, -0.1) is 0 Å². The van der Waals surface area contributed by atoms with Crippen LogP contribution < -0.4 is 5.69 Å². The minimum absolute atomic E-state index is 0.271. The van der Waals surface area contributed by atoms with Crippen molar-refractivity contribution in [3.8, 4) is 11.3 Å². The van der Waals surface area contributed by atoms with Crippen molar-refractivity contribution in [2.75, 3.05) is 0 Å². The maximum absolute atomic E-state index is 12.9. The Balaban J connectivity index is 1.90. The average Bonchev–Trinajstić information content (AvgIpc) is 3.02. The Morgan fingerprint density at radius 1 is 1.16 bits per heavy atom. The lowest BCUT2D eigenvalue weighted by molar-refractivity contribution is -0.141. The van der Waals surface area contributed by atoms with Gasteiger partial charge in [0.2, 0.25) is 0 Å². The van der Waals surface area contributed by atoms with Gasteiger partial charge < -0.3 is 9.40 Å². The molecular weight excluding hydrogens is 357 g/mol. The molecule has 0 bridgehead atoms. The van der Waals surface area contributed by atoms with Crippen molar-refractivity contribution in [1.82, 2.24) is 9.97 Å². The maximum atomic E-state index is 12.9. The van der Waals surface area contributed by atoms with Gasteiger partial charge >= 0.3 is 11.9 Å². The number of hydrogen-bond donors (Lipinski definition) is 1. The van der Waals surface area contributed by atoms with Gasteiger partial charge in [-0.2, -0.15) is 13.2 Å². The summed E-state index contributed by atoms with van der Waals surface area (Å²) < 4.78 is 44.4. The van der Waals surface area contributed by atoms with Crippen LogP contribution in [0.25, 0.3) is 23.5 Å². The number of H-pyrrole nitrogens is 1. The van der Waals surface area contributed by atoms with Crippen molar-refractivity contribution >= 4 is 23.8 Å². The lowest BCUT2D eigenvalue weighted by atomic mass is 10.2. The second kappa shape index (κ2) is 6.60. The maximum Gasteiger partial charge on any atom is 0.432 e. The van der Waals surface area contributed by atoms with E-state index in [1.807, 2.05) is 0 Å². The van der Waals surface area contributed by atoms with Gasteiger partial charge in [-0.05, 0) is 36.4 Å². The van der Waals surface area contributed by atoms with Gasteiger partial charge in [0.15, 0.2) is 0 Å². The summed E-state index contributed by atoms with van der Waals surface area (Å²) in [5.41, 5.74) is -1.75. The highest BCUT2D eigenvalue weighted by Crippen LogP contribution is 2.30. The van der Waals surface area contributed by atoms with Crippen LogP contribution >= 0.6 is 11.6 Å². The van der Waals surface area contributed by atoms with Crippen LogP contribution in [0.4, 0.5) is 13.2 Å². The number of aromatic nitrogens is 2. The summed E-state index contributed by atoms with van der Waals surface area (Å²) in [6.45, 7) is 0. The fourth-order valence-corrected chi connectivity index (χ4v) is 2.37. The largest absolute Gasteiger partial charge is 0.457 e. The molecule has 0 saturated heterocycles. The van der Waals surface area contributed by atoms with Gasteiger partial charge in [0.05, 0.1) is 0 Å². The average molecular weight is 367 g/mol. The highest BCUT2D eigenvalue weighted by Gasteiger charge is 2.34. The lowest BCUT2D eigenvalue weighted by Crippen LogP contribution is -2.20. The predicted molar refractivity (Wildman–Crippen MR) is 87.9 cm³/mol. The molecule has 0 aliphatic rings. The molecule has 0 radical (unpaired) electrons. The molecule has 0 saturated carbocycles. The Morgan fingerprint density at radius 3 is 2.68 bits per heavy atom. The van der Waals surface area contributed by atoms with E-state index < -0.39 is 17.6 Å². The first-order chi connectivity index (χ1) is 11.8. The van der Waals surface area contributed by atoms with Crippen LogP contribution in [0.1, 0.15) is 17.0 Å². The van der Waals surface area contributed by atoms with Crippen molar-refractivity contribution in [2.24, 2.45) is 0 Å². The molecule has 0 spiro atoms. The van der Waals surface area contributed by atoms with Gasteiger partial charge in [0, 0.05) is 22.3 Å². The quantitative estimate of drug-likeness (QED) is 0.719. The molecule has 0 aliphatic heterocycles. The van der Waals surface area contributed by atoms with Crippen LogP contribution in [-0.2, 0) is 6.18 Å². The topological polar surface area (TPSA) is 58.9 Å². The summed E-state index contributed by atoms with van der Waals surface area (Å²) >= 11 is 5.92.